The third kappa shape index (κ3) is 7.08. The van der Waals surface area contributed by atoms with Crippen molar-refractivity contribution in [2.24, 2.45) is 5.41 Å². The van der Waals surface area contributed by atoms with E-state index in [1.54, 1.807) is 33.1 Å². The minimum absolute atomic E-state index is 0.0106. The highest BCUT2D eigenvalue weighted by Crippen LogP contribution is 2.41. The predicted molar refractivity (Wildman–Crippen MR) is 123 cm³/mol. The van der Waals surface area contributed by atoms with Crippen LogP contribution in [0.15, 0.2) is 36.4 Å². The Bertz CT molecular complexity index is 840. The van der Waals surface area contributed by atoms with E-state index in [4.69, 9.17) is 21.1 Å². The van der Waals surface area contributed by atoms with E-state index in [9.17, 15) is 10.2 Å². The zero-order valence-electron chi connectivity index (χ0n) is 18.8. The first-order chi connectivity index (χ1) is 13.9. The van der Waals surface area contributed by atoms with Gasteiger partial charge in [0.2, 0.25) is 0 Å². The summed E-state index contributed by atoms with van der Waals surface area (Å²) in [6.45, 7) is 10.8. The molecule has 0 fully saturated rings. The number of ether oxygens (including phenoxy) is 2. The van der Waals surface area contributed by atoms with Crippen molar-refractivity contribution in [3.05, 3.63) is 52.5 Å². The molecule has 1 unspecified atom stereocenters. The highest BCUT2D eigenvalue weighted by atomic mass is 35.5. The third-order valence-electron chi connectivity index (χ3n) is 4.59. The van der Waals surface area contributed by atoms with Crippen LogP contribution in [0.4, 0.5) is 5.69 Å². The van der Waals surface area contributed by atoms with Crippen LogP contribution in [0, 0.1) is 5.41 Å². The molecule has 0 bridgehead atoms. The molecule has 0 radical (unpaired) electrons. The van der Waals surface area contributed by atoms with Gasteiger partial charge >= 0.3 is 0 Å². The number of nitrogens with one attached hydrogen (secondary N) is 1. The van der Waals surface area contributed by atoms with E-state index in [-0.39, 0.29) is 5.41 Å². The maximum Gasteiger partial charge on any atom is 0.144 e. The second kappa shape index (κ2) is 9.90. The minimum Gasteiger partial charge on any atom is -0.496 e. The summed E-state index contributed by atoms with van der Waals surface area (Å²) in [4.78, 5) is 0. The second-order valence-electron chi connectivity index (χ2n) is 9.34. The Kier molecular flexibility index (Phi) is 8.03. The summed E-state index contributed by atoms with van der Waals surface area (Å²) in [6.07, 6.45) is -0.498. The lowest BCUT2D eigenvalue weighted by molar-refractivity contribution is 0.0554. The molecule has 0 saturated heterocycles. The van der Waals surface area contributed by atoms with Gasteiger partial charge in [0.25, 0.3) is 0 Å². The van der Waals surface area contributed by atoms with E-state index in [1.165, 1.54) is 0 Å². The molecule has 2 aromatic carbocycles. The van der Waals surface area contributed by atoms with E-state index in [2.05, 4.69) is 26.1 Å². The van der Waals surface area contributed by atoms with Gasteiger partial charge in [-0.05, 0) is 31.4 Å². The Morgan fingerprint density at radius 2 is 1.70 bits per heavy atom. The number of methoxy groups -OCH3 is 1. The summed E-state index contributed by atoms with van der Waals surface area (Å²) in [7, 11) is 1.58. The lowest BCUT2D eigenvalue weighted by Crippen LogP contribution is -2.23. The Hall–Kier alpha value is -1.95. The van der Waals surface area contributed by atoms with E-state index in [0.717, 1.165) is 0 Å². The number of halogens is 1. The Morgan fingerprint density at radius 3 is 2.30 bits per heavy atom. The maximum absolute atomic E-state index is 11.2. The molecule has 0 saturated carbocycles. The lowest BCUT2D eigenvalue weighted by atomic mass is 9.95. The Balaban J connectivity index is 2.48. The van der Waals surface area contributed by atoms with Gasteiger partial charge in [-0.1, -0.05) is 50.6 Å². The number of para-hydroxylation sites is 1. The van der Waals surface area contributed by atoms with Crippen LogP contribution in [0.2, 0.25) is 5.02 Å². The smallest absolute Gasteiger partial charge is 0.144 e. The van der Waals surface area contributed by atoms with Gasteiger partial charge in [0.15, 0.2) is 0 Å². The predicted octanol–water partition coefficient (Wildman–Crippen LogP) is 5.43. The molecule has 0 spiro atoms. The van der Waals surface area contributed by atoms with Gasteiger partial charge in [0, 0.05) is 35.2 Å². The standard InChI is InChI=1S/C24H34ClNO4/c1-23(2,3)15-26-21-18(22(27)17-9-7-8-10-19(17)29-6)13-16(25)14-20(21)30-12-11-24(4,5)28/h7-10,13-14,22,26-28H,11-12,15H2,1-6H3. The van der Waals surface area contributed by atoms with Crippen LogP contribution in [0.25, 0.3) is 0 Å². The summed E-state index contributed by atoms with van der Waals surface area (Å²) >= 11 is 6.39. The normalized spacial score (nSPS) is 13.1. The molecule has 2 aromatic rings. The number of aliphatic hydroxyl groups excluding tert-OH is 1. The van der Waals surface area contributed by atoms with Crippen LogP contribution < -0.4 is 14.8 Å². The van der Waals surface area contributed by atoms with Crippen molar-refractivity contribution in [2.75, 3.05) is 25.6 Å². The number of aliphatic hydroxyl groups is 2. The first-order valence-corrected chi connectivity index (χ1v) is 10.5. The van der Waals surface area contributed by atoms with E-state index in [0.29, 0.717) is 52.9 Å². The average Bonchev–Trinajstić information content (AvgIpc) is 2.64. The molecule has 3 N–H and O–H groups in total. The SMILES string of the molecule is COc1ccccc1C(O)c1cc(Cl)cc(OCCC(C)(C)O)c1NCC(C)(C)C. The van der Waals surface area contributed by atoms with Gasteiger partial charge in [0.05, 0.1) is 25.0 Å². The quantitative estimate of drug-likeness (QED) is 0.490. The summed E-state index contributed by atoms with van der Waals surface area (Å²) in [5.41, 5.74) is 1.11. The number of anilines is 1. The molecule has 30 heavy (non-hydrogen) atoms. The number of hydrogen-bond acceptors (Lipinski definition) is 5. The second-order valence-corrected chi connectivity index (χ2v) is 9.77. The molecule has 0 aliphatic heterocycles. The van der Waals surface area contributed by atoms with E-state index >= 15 is 0 Å². The zero-order valence-corrected chi connectivity index (χ0v) is 19.5. The van der Waals surface area contributed by atoms with Crippen LogP contribution >= 0.6 is 11.6 Å². The van der Waals surface area contributed by atoms with Gasteiger partial charge in [-0.25, -0.2) is 0 Å². The summed E-state index contributed by atoms with van der Waals surface area (Å²) in [6, 6.07) is 10.8. The van der Waals surface area contributed by atoms with Crippen molar-refractivity contribution in [1.82, 2.24) is 0 Å². The fourth-order valence-electron chi connectivity index (χ4n) is 2.94. The van der Waals surface area contributed by atoms with Crippen molar-refractivity contribution in [3.63, 3.8) is 0 Å². The fraction of sp³-hybridized carbons (Fsp3) is 0.500. The lowest BCUT2D eigenvalue weighted by Gasteiger charge is -2.26. The third-order valence-corrected chi connectivity index (χ3v) is 4.81. The van der Waals surface area contributed by atoms with Crippen LogP contribution in [-0.4, -0.2) is 36.1 Å². The topological polar surface area (TPSA) is 71.0 Å². The molecule has 0 aliphatic carbocycles. The van der Waals surface area contributed by atoms with Crippen molar-refractivity contribution >= 4 is 17.3 Å². The molecule has 6 heteroatoms. The van der Waals surface area contributed by atoms with Crippen LogP contribution in [0.3, 0.4) is 0 Å². The molecule has 0 aromatic heterocycles. The summed E-state index contributed by atoms with van der Waals surface area (Å²) in [5, 5.41) is 25.1. The van der Waals surface area contributed by atoms with Gasteiger partial charge in [-0.15, -0.1) is 0 Å². The monoisotopic (exact) mass is 435 g/mol. The molecule has 166 valence electrons. The molecular formula is C24H34ClNO4. The van der Waals surface area contributed by atoms with Crippen molar-refractivity contribution < 1.29 is 19.7 Å². The number of hydrogen-bond donors (Lipinski definition) is 3. The molecule has 1 atom stereocenters. The van der Waals surface area contributed by atoms with Gasteiger partial charge < -0.3 is 25.0 Å². The van der Waals surface area contributed by atoms with Crippen LogP contribution in [-0.2, 0) is 0 Å². The number of rotatable bonds is 9. The summed E-state index contributed by atoms with van der Waals surface area (Å²) in [5.74, 6) is 1.14. The molecule has 5 nitrogen and oxygen atoms in total. The highest BCUT2D eigenvalue weighted by Gasteiger charge is 2.24. The van der Waals surface area contributed by atoms with E-state index < -0.39 is 11.7 Å². The van der Waals surface area contributed by atoms with Gasteiger partial charge in [-0.2, -0.15) is 0 Å². The van der Waals surface area contributed by atoms with Crippen molar-refractivity contribution in [2.45, 2.75) is 52.7 Å². The maximum atomic E-state index is 11.2. The van der Waals surface area contributed by atoms with Crippen LogP contribution in [0.1, 0.15) is 58.3 Å². The van der Waals surface area contributed by atoms with Crippen molar-refractivity contribution in [1.29, 1.82) is 0 Å². The fourth-order valence-corrected chi connectivity index (χ4v) is 3.16. The van der Waals surface area contributed by atoms with Gasteiger partial charge in [0.1, 0.15) is 17.6 Å². The summed E-state index contributed by atoms with van der Waals surface area (Å²) < 4.78 is 11.4. The molecular weight excluding hydrogens is 402 g/mol. The highest BCUT2D eigenvalue weighted by molar-refractivity contribution is 6.31. The average molecular weight is 436 g/mol. The zero-order chi connectivity index (χ0) is 22.5. The largest absolute Gasteiger partial charge is 0.496 e. The molecule has 0 aliphatic rings. The van der Waals surface area contributed by atoms with Crippen molar-refractivity contribution in [3.8, 4) is 11.5 Å². The van der Waals surface area contributed by atoms with Crippen LogP contribution in [0.5, 0.6) is 11.5 Å². The van der Waals surface area contributed by atoms with Gasteiger partial charge in [-0.3, -0.25) is 0 Å². The number of benzene rings is 2. The Morgan fingerprint density at radius 1 is 1.03 bits per heavy atom. The van der Waals surface area contributed by atoms with E-state index in [1.807, 2.05) is 24.3 Å². The molecule has 2 rings (SSSR count). The first kappa shape index (κ1) is 24.3. The molecule has 0 heterocycles. The minimum atomic E-state index is -0.959. The Labute approximate surface area is 185 Å². The molecule has 0 amide bonds. The first-order valence-electron chi connectivity index (χ1n) is 10.1.